The third-order valence-electron chi connectivity index (χ3n) is 6.35. The molecule has 2 atom stereocenters. The van der Waals surface area contributed by atoms with Gasteiger partial charge >= 0.3 is 0 Å². The van der Waals surface area contributed by atoms with Crippen molar-refractivity contribution in [1.29, 1.82) is 0 Å². The molecule has 0 unspecified atom stereocenters. The van der Waals surface area contributed by atoms with Crippen molar-refractivity contribution in [2.45, 2.75) is 45.7 Å². The molecule has 7 nitrogen and oxygen atoms in total. The summed E-state index contributed by atoms with van der Waals surface area (Å²) in [4.78, 5) is 40.3. The molecule has 1 amide bonds. The van der Waals surface area contributed by atoms with Crippen LogP contribution in [0.5, 0.6) is 5.75 Å². The van der Waals surface area contributed by atoms with Crippen LogP contribution in [0, 0.1) is 17.6 Å². The van der Waals surface area contributed by atoms with E-state index in [9.17, 15) is 28.3 Å². The SMILES string of the molecule is CCN1C(=O)c2c(O)c(=O)c(C(=O)CCc3ccc(F)cc3F)cn2N2CC[C@H](C)C[C@@H]12. The normalized spacial score (nSPS) is 20.2. The van der Waals surface area contributed by atoms with Gasteiger partial charge in [0.25, 0.3) is 5.91 Å². The second kappa shape index (κ2) is 8.37. The minimum absolute atomic E-state index is 0.0285. The van der Waals surface area contributed by atoms with Gasteiger partial charge in [0.05, 0.1) is 5.56 Å². The summed E-state index contributed by atoms with van der Waals surface area (Å²) < 4.78 is 28.4. The Hall–Kier alpha value is -3.23. The van der Waals surface area contributed by atoms with E-state index < -0.39 is 34.5 Å². The monoisotopic (exact) mass is 445 g/mol. The molecule has 0 bridgehead atoms. The Morgan fingerprint density at radius 2 is 2.00 bits per heavy atom. The number of rotatable bonds is 5. The molecule has 1 saturated heterocycles. The quantitative estimate of drug-likeness (QED) is 0.716. The Balaban J connectivity index is 1.69. The highest BCUT2D eigenvalue weighted by Gasteiger charge is 2.42. The summed E-state index contributed by atoms with van der Waals surface area (Å²) in [7, 11) is 0. The van der Waals surface area contributed by atoms with Crippen LogP contribution in [0.25, 0.3) is 0 Å². The Morgan fingerprint density at radius 1 is 1.25 bits per heavy atom. The molecular formula is C23H25F2N3O4. The molecule has 170 valence electrons. The fraction of sp³-hybridized carbons (Fsp3) is 0.435. The average molecular weight is 445 g/mol. The maximum atomic E-state index is 13.9. The van der Waals surface area contributed by atoms with Crippen molar-refractivity contribution in [1.82, 2.24) is 9.58 Å². The van der Waals surface area contributed by atoms with Crippen LogP contribution in [0.2, 0.25) is 0 Å². The van der Waals surface area contributed by atoms with Gasteiger partial charge in [-0.2, -0.15) is 0 Å². The minimum atomic E-state index is -0.922. The van der Waals surface area contributed by atoms with Crippen molar-refractivity contribution in [2.75, 3.05) is 18.1 Å². The van der Waals surface area contributed by atoms with Crippen molar-refractivity contribution < 1.29 is 23.5 Å². The first kappa shape index (κ1) is 22.0. The van der Waals surface area contributed by atoms with E-state index in [4.69, 9.17) is 0 Å². The van der Waals surface area contributed by atoms with Gasteiger partial charge in [-0.25, -0.2) is 8.78 Å². The van der Waals surface area contributed by atoms with Gasteiger partial charge in [-0.3, -0.25) is 24.1 Å². The summed E-state index contributed by atoms with van der Waals surface area (Å²) in [5.74, 6) is -2.88. The number of nitrogens with zero attached hydrogens (tertiary/aromatic N) is 3. The van der Waals surface area contributed by atoms with E-state index in [1.54, 1.807) is 4.90 Å². The zero-order valence-electron chi connectivity index (χ0n) is 18.0. The van der Waals surface area contributed by atoms with Gasteiger partial charge in [0, 0.05) is 31.8 Å². The number of ketones is 1. The number of piperidine rings is 1. The first-order valence-electron chi connectivity index (χ1n) is 10.8. The maximum absolute atomic E-state index is 13.9. The highest BCUT2D eigenvalue weighted by atomic mass is 19.1. The van der Waals surface area contributed by atoms with Crippen LogP contribution in [0.4, 0.5) is 8.78 Å². The van der Waals surface area contributed by atoms with E-state index >= 15 is 0 Å². The van der Waals surface area contributed by atoms with Gasteiger partial charge in [0.2, 0.25) is 5.43 Å². The number of aromatic nitrogens is 1. The smallest absolute Gasteiger partial charge is 0.278 e. The van der Waals surface area contributed by atoms with Crippen molar-refractivity contribution in [3.63, 3.8) is 0 Å². The highest BCUT2D eigenvalue weighted by molar-refractivity contribution is 6.00. The lowest BCUT2D eigenvalue weighted by molar-refractivity contribution is 0.0496. The Labute approximate surface area is 183 Å². The van der Waals surface area contributed by atoms with Crippen LogP contribution in [-0.4, -0.2) is 45.6 Å². The molecule has 4 rings (SSSR count). The molecule has 9 heteroatoms. The standard InChI is InChI=1S/C23H25F2N3O4/c1-3-26-19-10-13(2)8-9-27(19)28-12-16(21(30)22(31)20(28)23(26)32)18(29)7-5-14-4-6-15(24)11-17(14)25/h4,6,11-13,19,31H,3,5,7-10H2,1-2H3/t13-,19-/m0/s1. The Bertz CT molecular complexity index is 1150. The number of amides is 1. The van der Waals surface area contributed by atoms with Crippen LogP contribution in [0.3, 0.4) is 0 Å². The number of aromatic hydroxyl groups is 1. The van der Waals surface area contributed by atoms with E-state index in [0.717, 1.165) is 25.0 Å². The van der Waals surface area contributed by atoms with Gasteiger partial charge in [-0.15, -0.1) is 0 Å². The first-order valence-corrected chi connectivity index (χ1v) is 10.8. The largest absolute Gasteiger partial charge is 0.502 e. The molecule has 1 aromatic carbocycles. The summed E-state index contributed by atoms with van der Waals surface area (Å²) in [6, 6.07) is 3.10. The molecular weight excluding hydrogens is 420 g/mol. The lowest BCUT2D eigenvalue weighted by Crippen LogP contribution is -2.63. The van der Waals surface area contributed by atoms with Crippen LogP contribution < -0.4 is 10.4 Å². The van der Waals surface area contributed by atoms with Crippen molar-refractivity contribution in [3.05, 3.63) is 63.1 Å². The number of Topliss-reactive ketones (excluding diaryl/α,β-unsaturated/α-hetero) is 1. The highest BCUT2D eigenvalue weighted by Crippen LogP contribution is 2.31. The van der Waals surface area contributed by atoms with E-state index in [-0.39, 0.29) is 35.8 Å². The molecule has 0 saturated carbocycles. The number of pyridine rings is 1. The third kappa shape index (κ3) is 3.65. The number of carbonyl (C=O) groups is 2. The van der Waals surface area contributed by atoms with Gasteiger partial charge in [0.1, 0.15) is 17.8 Å². The molecule has 1 aromatic heterocycles. The van der Waals surface area contributed by atoms with Crippen molar-refractivity contribution >= 4 is 11.7 Å². The van der Waals surface area contributed by atoms with Gasteiger partial charge < -0.3 is 10.0 Å². The topological polar surface area (TPSA) is 82.9 Å². The summed E-state index contributed by atoms with van der Waals surface area (Å²) >= 11 is 0. The number of hydrogen-bond acceptors (Lipinski definition) is 5. The summed E-state index contributed by atoms with van der Waals surface area (Å²) in [5, 5.41) is 12.5. The molecule has 2 aliphatic heterocycles. The predicted octanol–water partition coefficient (Wildman–Crippen LogP) is 2.82. The second-order valence-corrected chi connectivity index (χ2v) is 8.44. The van der Waals surface area contributed by atoms with Crippen LogP contribution in [-0.2, 0) is 6.42 Å². The number of benzene rings is 1. The lowest BCUT2D eigenvalue weighted by atomic mass is 9.95. The van der Waals surface area contributed by atoms with Crippen LogP contribution in [0.15, 0.2) is 29.2 Å². The van der Waals surface area contributed by atoms with Gasteiger partial charge in [-0.1, -0.05) is 13.0 Å². The third-order valence-corrected chi connectivity index (χ3v) is 6.35. The first-order chi connectivity index (χ1) is 15.2. The van der Waals surface area contributed by atoms with Crippen LogP contribution in [0.1, 0.15) is 59.5 Å². The molecule has 1 N–H and O–H groups in total. The molecule has 2 aromatic rings. The number of carbonyl (C=O) groups excluding carboxylic acids is 2. The van der Waals surface area contributed by atoms with Crippen molar-refractivity contribution in [2.24, 2.45) is 5.92 Å². The Kier molecular flexibility index (Phi) is 5.75. The maximum Gasteiger partial charge on any atom is 0.278 e. The van der Waals surface area contributed by atoms with E-state index in [2.05, 4.69) is 6.92 Å². The van der Waals surface area contributed by atoms with E-state index in [0.29, 0.717) is 19.0 Å². The number of hydrogen-bond donors (Lipinski definition) is 1. The Morgan fingerprint density at radius 3 is 2.69 bits per heavy atom. The molecule has 32 heavy (non-hydrogen) atoms. The zero-order chi connectivity index (χ0) is 23.2. The number of aryl methyl sites for hydroxylation is 1. The summed E-state index contributed by atoms with van der Waals surface area (Å²) in [6.07, 6.45) is 2.45. The zero-order valence-corrected chi connectivity index (χ0v) is 18.0. The fourth-order valence-electron chi connectivity index (χ4n) is 4.56. The molecule has 2 aliphatic rings. The van der Waals surface area contributed by atoms with Gasteiger partial charge in [0.15, 0.2) is 17.2 Å². The van der Waals surface area contributed by atoms with Crippen molar-refractivity contribution in [3.8, 4) is 5.75 Å². The van der Waals surface area contributed by atoms with E-state index in [1.807, 2.05) is 11.9 Å². The summed E-state index contributed by atoms with van der Waals surface area (Å²) in [5.41, 5.74) is -1.18. The summed E-state index contributed by atoms with van der Waals surface area (Å²) in [6.45, 7) is 4.97. The fourth-order valence-corrected chi connectivity index (χ4v) is 4.56. The molecule has 0 radical (unpaired) electrons. The lowest BCUT2D eigenvalue weighted by Gasteiger charge is -2.50. The van der Waals surface area contributed by atoms with Crippen LogP contribution >= 0.6 is 0 Å². The average Bonchev–Trinajstić information content (AvgIpc) is 2.75. The molecule has 3 heterocycles. The van der Waals surface area contributed by atoms with Gasteiger partial charge in [-0.05, 0) is 43.7 Å². The second-order valence-electron chi connectivity index (χ2n) is 8.44. The minimum Gasteiger partial charge on any atom is -0.502 e. The number of halogens is 2. The van der Waals surface area contributed by atoms with E-state index in [1.165, 1.54) is 16.9 Å². The predicted molar refractivity (Wildman–Crippen MR) is 113 cm³/mol. The molecule has 1 fully saturated rings. The number of fused-ring (bicyclic) bond motifs is 3. The molecule has 0 aliphatic carbocycles. The molecule has 0 spiro atoms.